The lowest BCUT2D eigenvalue weighted by Crippen LogP contribution is -2.42. The van der Waals surface area contributed by atoms with Crippen molar-refractivity contribution < 1.29 is 21.2 Å². The van der Waals surface area contributed by atoms with E-state index in [0.717, 1.165) is 12.1 Å². The van der Waals surface area contributed by atoms with Gasteiger partial charge in [-0.05, 0) is 50.8 Å². The zero-order valence-electron chi connectivity index (χ0n) is 14.7. The SMILES string of the molecule is CCS(=O)(=O)Nc1ccc(S(=O)(=O)N2CCC(C(C)N)CC2)cc1F.Cl. The Balaban J connectivity index is 0.00000338. The first kappa shape index (κ1) is 23.1. The molecule has 0 saturated carbocycles. The lowest BCUT2D eigenvalue weighted by molar-refractivity contribution is 0.250. The van der Waals surface area contributed by atoms with Crippen LogP contribution in [0, 0.1) is 11.7 Å². The monoisotopic (exact) mass is 429 g/mol. The van der Waals surface area contributed by atoms with Crippen LogP contribution in [-0.4, -0.2) is 46.0 Å². The van der Waals surface area contributed by atoms with Crippen molar-refractivity contribution in [2.75, 3.05) is 23.6 Å². The number of anilines is 1. The fourth-order valence-corrected chi connectivity index (χ4v) is 4.90. The van der Waals surface area contributed by atoms with Crippen molar-refractivity contribution in [2.24, 2.45) is 11.7 Å². The largest absolute Gasteiger partial charge is 0.328 e. The maximum absolute atomic E-state index is 14.2. The molecule has 1 aromatic rings. The van der Waals surface area contributed by atoms with Crippen molar-refractivity contribution in [3.63, 3.8) is 0 Å². The Morgan fingerprint density at radius 3 is 2.31 bits per heavy atom. The van der Waals surface area contributed by atoms with Gasteiger partial charge in [0.1, 0.15) is 5.82 Å². The average Bonchev–Trinajstić information content (AvgIpc) is 2.56. The highest BCUT2D eigenvalue weighted by atomic mass is 35.5. The number of halogens is 2. The summed E-state index contributed by atoms with van der Waals surface area (Å²) in [5.41, 5.74) is 5.59. The third-order valence-corrected chi connectivity index (χ3v) is 7.65. The van der Waals surface area contributed by atoms with E-state index in [9.17, 15) is 21.2 Å². The van der Waals surface area contributed by atoms with E-state index in [0.29, 0.717) is 25.9 Å². The fraction of sp³-hybridized carbons (Fsp3) is 0.600. The van der Waals surface area contributed by atoms with Gasteiger partial charge in [0.15, 0.2) is 0 Å². The number of nitrogens with two attached hydrogens (primary N) is 1. The molecule has 0 aliphatic carbocycles. The molecule has 1 aromatic carbocycles. The van der Waals surface area contributed by atoms with E-state index < -0.39 is 25.9 Å². The number of nitrogens with zero attached hydrogens (tertiary/aromatic N) is 1. The zero-order valence-corrected chi connectivity index (χ0v) is 17.1. The minimum absolute atomic E-state index is 0. The fourth-order valence-electron chi connectivity index (χ4n) is 2.77. The molecule has 7 nitrogen and oxygen atoms in total. The predicted molar refractivity (Wildman–Crippen MR) is 102 cm³/mol. The third-order valence-electron chi connectivity index (χ3n) is 4.47. The summed E-state index contributed by atoms with van der Waals surface area (Å²) in [6.45, 7) is 3.99. The van der Waals surface area contributed by atoms with Gasteiger partial charge in [0.05, 0.1) is 16.3 Å². The standard InChI is InChI=1S/C15H24FN3O4S2.ClH/c1-3-24(20,21)18-15-5-4-13(10-14(15)16)25(22,23)19-8-6-12(7-9-19)11(2)17;/h4-5,10-12,18H,3,6-9,17H2,1-2H3;1H. The third kappa shape index (κ3) is 5.29. The minimum atomic E-state index is -3.82. The van der Waals surface area contributed by atoms with Gasteiger partial charge in [-0.2, -0.15) is 4.31 Å². The van der Waals surface area contributed by atoms with Crippen LogP contribution >= 0.6 is 12.4 Å². The molecule has 1 atom stereocenters. The van der Waals surface area contributed by atoms with Gasteiger partial charge < -0.3 is 5.73 Å². The molecule has 2 rings (SSSR count). The number of sulfonamides is 2. The van der Waals surface area contributed by atoms with Gasteiger partial charge in [-0.3, -0.25) is 4.72 Å². The van der Waals surface area contributed by atoms with E-state index in [4.69, 9.17) is 5.73 Å². The molecule has 11 heteroatoms. The van der Waals surface area contributed by atoms with Gasteiger partial charge in [0, 0.05) is 19.1 Å². The average molecular weight is 430 g/mol. The second kappa shape index (κ2) is 8.83. The van der Waals surface area contributed by atoms with Gasteiger partial charge in [-0.25, -0.2) is 21.2 Å². The molecule has 26 heavy (non-hydrogen) atoms. The summed E-state index contributed by atoms with van der Waals surface area (Å²) < 4.78 is 65.9. The Morgan fingerprint density at radius 1 is 1.27 bits per heavy atom. The highest BCUT2D eigenvalue weighted by Gasteiger charge is 2.31. The van der Waals surface area contributed by atoms with Crippen molar-refractivity contribution in [3.05, 3.63) is 24.0 Å². The second-order valence-electron chi connectivity index (χ2n) is 6.25. The highest BCUT2D eigenvalue weighted by Crippen LogP contribution is 2.27. The lowest BCUT2D eigenvalue weighted by atomic mass is 9.92. The summed E-state index contributed by atoms with van der Waals surface area (Å²) in [6, 6.07) is 3.20. The number of rotatable bonds is 6. The molecule has 0 amide bonds. The molecule has 1 fully saturated rings. The van der Waals surface area contributed by atoms with E-state index in [1.165, 1.54) is 17.3 Å². The Labute approximate surface area is 160 Å². The molecular weight excluding hydrogens is 405 g/mol. The summed E-state index contributed by atoms with van der Waals surface area (Å²) in [6.07, 6.45) is 1.32. The van der Waals surface area contributed by atoms with Crippen molar-refractivity contribution in [1.82, 2.24) is 4.31 Å². The van der Waals surface area contributed by atoms with Crippen molar-refractivity contribution in [2.45, 2.75) is 37.6 Å². The van der Waals surface area contributed by atoms with E-state index in [1.54, 1.807) is 0 Å². The van der Waals surface area contributed by atoms with Crippen molar-refractivity contribution in [3.8, 4) is 0 Å². The Kier molecular flexibility index (Phi) is 7.85. The molecule has 1 aliphatic rings. The van der Waals surface area contributed by atoms with Crippen molar-refractivity contribution in [1.29, 1.82) is 0 Å². The molecule has 0 bridgehead atoms. The molecule has 1 aliphatic heterocycles. The van der Waals surface area contributed by atoms with Crippen LogP contribution in [0.1, 0.15) is 26.7 Å². The molecule has 1 saturated heterocycles. The summed E-state index contributed by atoms with van der Waals surface area (Å²) >= 11 is 0. The first-order valence-electron chi connectivity index (χ1n) is 8.12. The number of hydrogen-bond donors (Lipinski definition) is 2. The van der Waals surface area contributed by atoms with Gasteiger partial charge in [-0.1, -0.05) is 0 Å². The number of hydrogen-bond acceptors (Lipinski definition) is 5. The van der Waals surface area contributed by atoms with Crippen LogP contribution in [0.25, 0.3) is 0 Å². The quantitative estimate of drug-likeness (QED) is 0.715. The van der Waals surface area contributed by atoms with Crippen LogP contribution in [0.15, 0.2) is 23.1 Å². The summed E-state index contributed by atoms with van der Waals surface area (Å²) in [5, 5.41) is 0. The van der Waals surface area contributed by atoms with Crippen LogP contribution in [-0.2, 0) is 20.0 Å². The Hall–Kier alpha value is -0.940. The van der Waals surface area contributed by atoms with E-state index in [2.05, 4.69) is 4.72 Å². The first-order valence-corrected chi connectivity index (χ1v) is 11.2. The molecule has 150 valence electrons. The summed E-state index contributed by atoms with van der Waals surface area (Å²) in [7, 11) is -7.46. The van der Waals surface area contributed by atoms with E-state index in [1.807, 2.05) is 6.92 Å². The Bertz CT molecular complexity index is 823. The molecular formula is C15H25ClFN3O4S2. The topological polar surface area (TPSA) is 110 Å². The van der Waals surface area contributed by atoms with Crippen LogP contribution in [0.4, 0.5) is 10.1 Å². The van der Waals surface area contributed by atoms with Crippen molar-refractivity contribution >= 4 is 38.1 Å². The highest BCUT2D eigenvalue weighted by molar-refractivity contribution is 7.92. The number of benzene rings is 1. The van der Waals surface area contributed by atoms with Crippen LogP contribution in [0.5, 0.6) is 0 Å². The van der Waals surface area contributed by atoms with E-state index >= 15 is 0 Å². The predicted octanol–water partition coefficient (Wildman–Crippen LogP) is 1.76. The maximum atomic E-state index is 14.2. The van der Waals surface area contributed by atoms with Crippen LogP contribution < -0.4 is 10.5 Å². The lowest BCUT2D eigenvalue weighted by Gasteiger charge is -2.32. The van der Waals surface area contributed by atoms with Crippen LogP contribution in [0.2, 0.25) is 0 Å². The van der Waals surface area contributed by atoms with Gasteiger partial charge in [0.2, 0.25) is 20.0 Å². The smallest absolute Gasteiger partial charge is 0.243 e. The normalized spacial score (nSPS) is 18.2. The minimum Gasteiger partial charge on any atom is -0.328 e. The summed E-state index contributed by atoms with van der Waals surface area (Å²) in [5.74, 6) is -0.862. The number of nitrogens with one attached hydrogen (secondary N) is 1. The van der Waals surface area contributed by atoms with E-state index in [-0.39, 0.29) is 40.7 Å². The molecule has 0 spiro atoms. The Morgan fingerprint density at radius 2 is 1.85 bits per heavy atom. The van der Waals surface area contributed by atoms with Crippen LogP contribution in [0.3, 0.4) is 0 Å². The molecule has 1 heterocycles. The maximum Gasteiger partial charge on any atom is 0.243 e. The molecule has 0 aromatic heterocycles. The van der Waals surface area contributed by atoms with Gasteiger partial charge in [0.25, 0.3) is 0 Å². The molecule has 3 N–H and O–H groups in total. The first-order chi connectivity index (χ1) is 11.6. The summed E-state index contributed by atoms with van der Waals surface area (Å²) in [4.78, 5) is -0.191. The van der Waals surface area contributed by atoms with Gasteiger partial charge >= 0.3 is 0 Å². The zero-order chi connectivity index (χ0) is 18.8. The number of piperidine rings is 1. The molecule has 0 radical (unpaired) electrons. The van der Waals surface area contributed by atoms with Gasteiger partial charge in [-0.15, -0.1) is 12.4 Å². The second-order valence-corrected chi connectivity index (χ2v) is 10.2. The molecule has 1 unspecified atom stereocenters.